The Balaban J connectivity index is -0.00000217. The summed E-state index contributed by atoms with van der Waals surface area (Å²) in [5.74, 6) is 4.69. The summed E-state index contributed by atoms with van der Waals surface area (Å²) in [4.78, 5) is 2.72. The number of methoxy groups -OCH3 is 4. The summed E-state index contributed by atoms with van der Waals surface area (Å²) in [6.45, 7) is 5.66. The molecular weight excluding hydrogens is 591 g/mol. The number of halogens is 2. The molecular formula is C29H52Cl2N2O9. The Kier molecular flexibility index (Phi) is 20.4. The fourth-order valence-corrected chi connectivity index (χ4v) is 6.74. The van der Waals surface area contributed by atoms with E-state index in [2.05, 4.69) is 41.4 Å². The number of hydrogen-bond donors (Lipinski definition) is 1. The molecule has 4 atom stereocenters. The van der Waals surface area contributed by atoms with Crippen LogP contribution in [-0.2, 0) is 12.8 Å². The molecule has 42 heavy (non-hydrogen) atoms. The summed E-state index contributed by atoms with van der Waals surface area (Å²) in [5, 5.41) is 3.83. The van der Waals surface area contributed by atoms with Crippen molar-refractivity contribution in [2.45, 2.75) is 51.1 Å². The van der Waals surface area contributed by atoms with E-state index in [1.54, 1.807) is 28.4 Å². The van der Waals surface area contributed by atoms with Gasteiger partial charge in [-0.3, -0.25) is 4.90 Å². The molecule has 3 aliphatic heterocycles. The van der Waals surface area contributed by atoms with E-state index < -0.39 is 0 Å². The number of rotatable bonds is 7. The summed E-state index contributed by atoms with van der Waals surface area (Å²) in [6, 6.07) is 9.61. The maximum Gasteiger partial charge on any atom is 0.161 e. The first-order valence-electron chi connectivity index (χ1n) is 13.1. The van der Waals surface area contributed by atoms with Gasteiger partial charge in [-0.05, 0) is 90.6 Å². The van der Waals surface area contributed by atoms with Crippen molar-refractivity contribution in [1.29, 1.82) is 0 Å². The van der Waals surface area contributed by atoms with Gasteiger partial charge in [0.1, 0.15) is 0 Å². The monoisotopic (exact) mass is 642 g/mol. The highest BCUT2D eigenvalue weighted by Crippen LogP contribution is 2.48. The lowest BCUT2D eigenvalue weighted by molar-refractivity contribution is 0.0434. The summed E-state index contributed by atoms with van der Waals surface area (Å²) in [7, 11) is 6.90. The average Bonchev–Trinajstić information content (AvgIpc) is 2.91. The highest BCUT2D eigenvalue weighted by molar-refractivity contribution is 5.85. The first-order chi connectivity index (χ1) is 17.1. The quantitative estimate of drug-likeness (QED) is 0.474. The molecule has 2 aromatic rings. The number of fused-ring (bicyclic) bond motifs is 4. The van der Waals surface area contributed by atoms with E-state index in [1.165, 1.54) is 41.6 Å². The van der Waals surface area contributed by atoms with Gasteiger partial charge in [-0.2, -0.15) is 0 Å². The van der Waals surface area contributed by atoms with E-state index >= 15 is 0 Å². The molecule has 0 saturated carbocycles. The van der Waals surface area contributed by atoms with Crippen LogP contribution in [0.25, 0.3) is 0 Å². The predicted octanol–water partition coefficient (Wildman–Crippen LogP) is 1.66. The van der Waals surface area contributed by atoms with Gasteiger partial charge in [0, 0.05) is 25.2 Å². The van der Waals surface area contributed by atoms with E-state index in [9.17, 15) is 0 Å². The molecule has 3 aliphatic rings. The van der Waals surface area contributed by atoms with Crippen LogP contribution in [0.1, 0.15) is 60.5 Å². The number of ether oxygens (including phenoxy) is 4. The number of piperidine rings is 1. The molecule has 0 radical (unpaired) electrons. The van der Waals surface area contributed by atoms with Crippen molar-refractivity contribution in [3.05, 3.63) is 46.5 Å². The molecule has 0 unspecified atom stereocenters. The van der Waals surface area contributed by atoms with E-state index in [0.29, 0.717) is 23.9 Å². The fourth-order valence-electron chi connectivity index (χ4n) is 6.74. The van der Waals surface area contributed by atoms with Gasteiger partial charge < -0.3 is 51.6 Å². The third kappa shape index (κ3) is 8.31. The van der Waals surface area contributed by atoms with Crippen LogP contribution in [0.3, 0.4) is 0 Å². The summed E-state index contributed by atoms with van der Waals surface area (Å²) in [5.41, 5.74) is 5.60. The topological polar surface area (TPSA) is 210 Å². The van der Waals surface area contributed by atoms with Gasteiger partial charge in [0.25, 0.3) is 0 Å². The smallest absolute Gasteiger partial charge is 0.161 e. The summed E-state index contributed by atoms with van der Waals surface area (Å²) >= 11 is 0. The first kappa shape index (κ1) is 44.4. The van der Waals surface area contributed by atoms with Gasteiger partial charge in [0.2, 0.25) is 0 Å². The minimum absolute atomic E-state index is 0. The first-order valence-corrected chi connectivity index (χ1v) is 13.1. The van der Waals surface area contributed by atoms with Gasteiger partial charge in [0.15, 0.2) is 23.0 Å². The SMILES string of the molecule is CC[C@H]1CN2CCc3cc(OC)c(OC)cc3[C@@H]2C[C@@H]1C[C@H]1NCCc2cc(OC)c(OC)cc21.Cl.Cl.O.O.O.O.O. The van der Waals surface area contributed by atoms with Crippen molar-refractivity contribution >= 4 is 24.8 Å². The molecule has 5 rings (SSSR count). The van der Waals surface area contributed by atoms with Gasteiger partial charge in [-0.1, -0.05) is 13.3 Å². The third-order valence-corrected chi connectivity index (χ3v) is 8.64. The summed E-state index contributed by atoms with van der Waals surface area (Å²) < 4.78 is 22.5. The van der Waals surface area contributed by atoms with Crippen molar-refractivity contribution in [2.75, 3.05) is 48.1 Å². The normalized spacial score (nSPS) is 21.5. The van der Waals surface area contributed by atoms with Crippen LogP contribution >= 0.6 is 24.8 Å². The number of nitrogens with zero attached hydrogens (tertiary/aromatic N) is 1. The Hall–Kier alpha value is -2.06. The highest BCUT2D eigenvalue weighted by Gasteiger charge is 2.40. The fraction of sp³-hybridized carbons (Fsp3) is 0.586. The Morgan fingerprint density at radius 2 is 1.21 bits per heavy atom. The molecule has 2 aromatic carbocycles. The van der Waals surface area contributed by atoms with Crippen LogP contribution in [0, 0.1) is 11.8 Å². The molecule has 0 aliphatic carbocycles. The second kappa shape index (κ2) is 19.3. The van der Waals surface area contributed by atoms with E-state index in [-0.39, 0.29) is 52.2 Å². The molecule has 11 N–H and O–H groups in total. The predicted molar refractivity (Wildman–Crippen MR) is 171 cm³/mol. The number of hydrogen-bond acceptors (Lipinski definition) is 6. The molecule has 3 heterocycles. The van der Waals surface area contributed by atoms with Crippen LogP contribution in [0.2, 0.25) is 0 Å². The van der Waals surface area contributed by atoms with Crippen molar-refractivity contribution in [1.82, 2.24) is 10.2 Å². The van der Waals surface area contributed by atoms with Crippen molar-refractivity contribution < 1.29 is 46.3 Å². The molecule has 0 aromatic heterocycles. The van der Waals surface area contributed by atoms with E-state index in [1.807, 2.05) is 0 Å². The zero-order valence-corrected chi connectivity index (χ0v) is 26.8. The lowest BCUT2D eigenvalue weighted by Gasteiger charge is -2.48. The summed E-state index contributed by atoms with van der Waals surface area (Å²) in [6.07, 6.45) is 5.65. The standard InChI is InChI=1S/C29H40N2O4.2ClH.5H2O/c1-6-18-17-31-10-8-20-14-27(33-3)29(35-5)16-23(20)25(31)12-21(18)11-24-22-15-28(34-4)26(32-2)13-19(22)7-9-30-24;;;;;;;/h13-16,18,21,24-25,30H,6-12,17H2,1-5H3;2*1H;5*1H2/t18-,21-,24+,25-;;;;;;;/m0......./s1. The Labute approximate surface area is 261 Å². The van der Waals surface area contributed by atoms with Crippen LogP contribution in [0.4, 0.5) is 0 Å². The van der Waals surface area contributed by atoms with Crippen LogP contribution in [0.15, 0.2) is 24.3 Å². The molecule has 1 fully saturated rings. The molecule has 246 valence electrons. The lowest BCUT2D eigenvalue weighted by atomic mass is 9.72. The van der Waals surface area contributed by atoms with Gasteiger partial charge in [-0.25, -0.2) is 0 Å². The molecule has 0 bridgehead atoms. The Morgan fingerprint density at radius 3 is 1.74 bits per heavy atom. The average molecular weight is 644 g/mol. The van der Waals surface area contributed by atoms with E-state index in [0.717, 1.165) is 55.4 Å². The Bertz CT molecular complexity index is 1080. The third-order valence-electron chi connectivity index (χ3n) is 8.64. The molecule has 0 amide bonds. The van der Waals surface area contributed by atoms with E-state index in [4.69, 9.17) is 18.9 Å². The number of nitrogens with one attached hydrogen (secondary N) is 1. The maximum absolute atomic E-state index is 5.68. The number of benzene rings is 2. The molecule has 13 heteroatoms. The van der Waals surface area contributed by atoms with Crippen LogP contribution in [-0.4, -0.2) is 80.4 Å². The molecule has 0 spiro atoms. The van der Waals surface area contributed by atoms with Crippen molar-refractivity contribution in [3.63, 3.8) is 0 Å². The zero-order chi connectivity index (χ0) is 24.5. The lowest BCUT2D eigenvalue weighted by Crippen LogP contribution is -2.46. The van der Waals surface area contributed by atoms with Crippen molar-refractivity contribution in [3.8, 4) is 23.0 Å². The zero-order valence-electron chi connectivity index (χ0n) is 25.2. The molecule has 1 saturated heterocycles. The highest BCUT2D eigenvalue weighted by atomic mass is 35.5. The second-order valence-electron chi connectivity index (χ2n) is 10.2. The van der Waals surface area contributed by atoms with Crippen molar-refractivity contribution in [2.24, 2.45) is 11.8 Å². The van der Waals surface area contributed by atoms with Crippen LogP contribution < -0.4 is 24.3 Å². The van der Waals surface area contributed by atoms with Gasteiger partial charge >= 0.3 is 0 Å². The molecule has 11 nitrogen and oxygen atoms in total. The van der Waals surface area contributed by atoms with Crippen LogP contribution in [0.5, 0.6) is 23.0 Å². The second-order valence-corrected chi connectivity index (χ2v) is 10.2. The van der Waals surface area contributed by atoms with Gasteiger partial charge in [0.05, 0.1) is 28.4 Å². The van der Waals surface area contributed by atoms with Gasteiger partial charge in [-0.15, -0.1) is 24.8 Å². The Morgan fingerprint density at radius 1 is 0.714 bits per heavy atom. The largest absolute Gasteiger partial charge is 0.493 e. The minimum atomic E-state index is 0. The minimum Gasteiger partial charge on any atom is -0.493 e. The maximum atomic E-state index is 5.68.